The Morgan fingerprint density at radius 1 is 1.00 bits per heavy atom. The Balaban J connectivity index is 1.24. The third kappa shape index (κ3) is 7.83. The van der Waals surface area contributed by atoms with Gasteiger partial charge in [-0.2, -0.15) is 0 Å². The number of piperazine rings is 1. The van der Waals surface area contributed by atoms with Gasteiger partial charge < -0.3 is 19.7 Å². The minimum Gasteiger partial charge on any atom is -0.494 e. The summed E-state index contributed by atoms with van der Waals surface area (Å²) in [5.74, 6) is 0.953. The van der Waals surface area contributed by atoms with Crippen molar-refractivity contribution < 1.29 is 14.3 Å². The van der Waals surface area contributed by atoms with Crippen molar-refractivity contribution in [2.75, 3.05) is 44.2 Å². The van der Waals surface area contributed by atoms with Crippen LogP contribution in [0.25, 0.3) is 10.9 Å². The largest absolute Gasteiger partial charge is 0.494 e. The number of pyridine rings is 1. The molecule has 0 saturated carbocycles. The van der Waals surface area contributed by atoms with Crippen LogP contribution in [-0.4, -0.2) is 60.9 Å². The van der Waals surface area contributed by atoms with Gasteiger partial charge in [-0.3, -0.25) is 14.3 Å². The molecule has 8 nitrogen and oxygen atoms in total. The molecule has 1 saturated heterocycles. The normalized spacial score (nSPS) is 14.9. The second kappa shape index (κ2) is 14.1. The maximum Gasteiger partial charge on any atom is 0.409 e. The van der Waals surface area contributed by atoms with Crippen LogP contribution >= 0.6 is 23.2 Å². The first-order chi connectivity index (χ1) is 19.2. The maximum atomic E-state index is 12.6. The number of aromatic nitrogens is 1. The Morgan fingerprint density at radius 2 is 1.75 bits per heavy atom. The first-order valence-electron chi connectivity index (χ1n) is 13.8. The summed E-state index contributed by atoms with van der Waals surface area (Å²) in [6.45, 7) is 11.1. The fraction of sp³-hybridized carbons (Fsp3) is 0.467. The Morgan fingerprint density at radius 3 is 2.50 bits per heavy atom. The molecule has 1 fully saturated rings. The van der Waals surface area contributed by atoms with E-state index in [1.165, 1.54) is 10.6 Å². The number of halogens is 2. The number of carbonyl (C=O) groups is 1. The molecule has 216 valence electrons. The topological polar surface area (TPSA) is 76.0 Å². The highest BCUT2D eigenvalue weighted by molar-refractivity contribution is 6.43. The van der Waals surface area contributed by atoms with E-state index in [1.807, 2.05) is 57.2 Å². The number of hydrogen-bond acceptors (Lipinski definition) is 6. The van der Waals surface area contributed by atoms with E-state index in [0.29, 0.717) is 27.9 Å². The van der Waals surface area contributed by atoms with Crippen LogP contribution in [0.5, 0.6) is 5.75 Å². The number of alkyl carbamates (subject to hydrolysis) is 1. The average molecular weight is 590 g/mol. The highest BCUT2D eigenvalue weighted by Gasteiger charge is 2.19. The first kappa shape index (κ1) is 30.0. The number of nitrogens with zero attached hydrogens (tertiary/aromatic N) is 3. The first-order valence-corrected chi connectivity index (χ1v) is 14.6. The molecule has 0 bridgehead atoms. The molecule has 2 aromatic carbocycles. The van der Waals surface area contributed by atoms with Gasteiger partial charge in [0, 0.05) is 44.4 Å². The van der Waals surface area contributed by atoms with Crippen molar-refractivity contribution in [3.8, 4) is 5.75 Å². The molecule has 40 heavy (non-hydrogen) atoms. The lowest BCUT2D eigenvalue weighted by molar-refractivity contribution is 0.109. The summed E-state index contributed by atoms with van der Waals surface area (Å²) in [6.07, 6.45) is 1.39. The van der Waals surface area contributed by atoms with Crippen molar-refractivity contribution in [3.05, 3.63) is 68.9 Å². The van der Waals surface area contributed by atoms with Crippen LogP contribution in [0.1, 0.15) is 33.6 Å². The molecule has 4 rings (SSSR count). The third-order valence-electron chi connectivity index (χ3n) is 7.42. The number of rotatable bonds is 11. The van der Waals surface area contributed by atoms with Crippen molar-refractivity contribution in [1.29, 1.82) is 0 Å². The van der Waals surface area contributed by atoms with E-state index in [0.717, 1.165) is 56.6 Å². The smallest absolute Gasteiger partial charge is 0.409 e. The molecule has 1 aliphatic rings. The molecule has 2 heterocycles. The van der Waals surface area contributed by atoms with Crippen molar-refractivity contribution >= 4 is 45.9 Å². The standard InChI is InChI=1S/C30H38Cl2N4O4/c1-21(2)22(3)33-30(38)40-20-36-27-19-24(11-9-23(27)10-12-28(36)37)39-18-5-4-13-34-14-16-35(17-15-34)26-8-6-7-25(31)29(26)32/h6-12,19,21-22H,4-5,13-18,20H2,1-3H3,(H,33,38). The number of benzene rings is 2. The molecule has 0 spiro atoms. The molecule has 1 amide bonds. The monoisotopic (exact) mass is 588 g/mol. The van der Waals surface area contributed by atoms with Crippen molar-refractivity contribution in [2.24, 2.45) is 5.92 Å². The fourth-order valence-corrected chi connectivity index (χ4v) is 5.00. The molecular formula is C30H38Cl2N4O4. The molecule has 1 N–H and O–H groups in total. The number of carbonyl (C=O) groups excluding carboxylic acids is 1. The van der Waals surface area contributed by atoms with Gasteiger partial charge in [0.15, 0.2) is 6.73 Å². The van der Waals surface area contributed by atoms with Gasteiger partial charge in [0.25, 0.3) is 5.56 Å². The highest BCUT2D eigenvalue weighted by atomic mass is 35.5. The van der Waals surface area contributed by atoms with Gasteiger partial charge in [0.2, 0.25) is 0 Å². The molecule has 0 radical (unpaired) electrons. The molecule has 10 heteroatoms. The predicted molar refractivity (Wildman–Crippen MR) is 162 cm³/mol. The number of hydrogen-bond donors (Lipinski definition) is 1. The third-order valence-corrected chi connectivity index (χ3v) is 8.22. The second-order valence-electron chi connectivity index (χ2n) is 10.5. The van der Waals surface area contributed by atoms with E-state index in [-0.39, 0.29) is 24.2 Å². The van der Waals surface area contributed by atoms with Crippen molar-refractivity contribution in [2.45, 2.75) is 46.4 Å². The van der Waals surface area contributed by atoms with Gasteiger partial charge in [0.1, 0.15) is 5.75 Å². The van der Waals surface area contributed by atoms with E-state index >= 15 is 0 Å². The number of anilines is 1. The number of amides is 1. The van der Waals surface area contributed by atoms with E-state index in [2.05, 4.69) is 15.1 Å². The van der Waals surface area contributed by atoms with Crippen LogP contribution < -0.4 is 20.5 Å². The summed E-state index contributed by atoms with van der Waals surface area (Å²) in [7, 11) is 0. The highest BCUT2D eigenvalue weighted by Crippen LogP contribution is 2.32. The van der Waals surface area contributed by atoms with E-state index in [9.17, 15) is 9.59 Å². The molecule has 3 aromatic rings. The Bertz CT molecular complexity index is 1360. The zero-order chi connectivity index (χ0) is 28.6. The summed E-state index contributed by atoms with van der Waals surface area (Å²) in [5.41, 5.74) is 1.41. The molecular weight excluding hydrogens is 551 g/mol. The van der Waals surface area contributed by atoms with Gasteiger partial charge in [0.05, 0.1) is 27.9 Å². The lowest BCUT2D eigenvalue weighted by Gasteiger charge is -2.36. The summed E-state index contributed by atoms with van der Waals surface area (Å²) >= 11 is 12.6. The predicted octanol–water partition coefficient (Wildman–Crippen LogP) is 6.02. The van der Waals surface area contributed by atoms with Crippen LogP contribution in [0.4, 0.5) is 10.5 Å². The zero-order valence-corrected chi connectivity index (χ0v) is 24.9. The van der Waals surface area contributed by atoms with Gasteiger partial charge in [-0.1, -0.05) is 43.1 Å². The van der Waals surface area contributed by atoms with Crippen LogP contribution in [0.15, 0.2) is 53.3 Å². The Kier molecular flexibility index (Phi) is 10.6. The van der Waals surface area contributed by atoms with Crippen LogP contribution in [-0.2, 0) is 11.5 Å². The van der Waals surface area contributed by atoms with E-state index in [4.69, 9.17) is 32.7 Å². The van der Waals surface area contributed by atoms with E-state index < -0.39 is 6.09 Å². The molecule has 1 aliphatic heterocycles. The molecule has 1 unspecified atom stereocenters. The number of nitrogens with one attached hydrogen (secondary N) is 1. The molecule has 1 atom stereocenters. The van der Waals surface area contributed by atoms with Gasteiger partial charge in [-0.05, 0) is 67.9 Å². The quantitative estimate of drug-likeness (QED) is 0.276. The number of unbranched alkanes of at least 4 members (excludes halogenated alkanes) is 1. The van der Waals surface area contributed by atoms with Crippen LogP contribution in [0.2, 0.25) is 10.0 Å². The van der Waals surface area contributed by atoms with Crippen LogP contribution in [0.3, 0.4) is 0 Å². The average Bonchev–Trinajstić information content (AvgIpc) is 2.94. The Hall–Kier alpha value is -2.94. The lowest BCUT2D eigenvalue weighted by atomic mass is 10.1. The van der Waals surface area contributed by atoms with Gasteiger partial charge in [-0.25, -0.2) is 4.79 Å². The van der Waals surface area contributed by atoms with Crippen LogP contribution in [0, 0.1) is 5.92 Å². The number of fused-ring (bicyclic) bond motifs is 1. The van der Waals surface area contributed by atoms with E-state index in [1.54, 1.807) is 6.07 Å². The summed E-state index contributed by atoms with van der Waals surface area (Å²) in [6, 6.07) is 14.6. The minimum absolute atomic E-state index is 0.0330. The van der Waals surface area contributed by atoms with Crippen molar-refractivity contribution in [3.63, 3.8) is 0 Å². The lowest BCUT2D eigenvalue weighted by Crippen LogP contribution is -2.46. The summed E-state index contributed by atoms with van der Waals surface area (Å²) in [4.78, 5) is 29.5. The van der Waals surface area contributed by atoms with Gasteiger partial charge >= 0.3 is 6.09 Å². The fourth-order valence-electron chi connectivity index (χ4n) is 4.58. The summed E-state index contributed by atoms with van der Waals surface area (Å²) in [5, 5.41) is 4.86. The molecule has 0 aliphatic carbocycles. The summed E-state index contributed by atoms with van der Waals surface area (Å²) < 4.78 is 12.8. The van der Waals surface area contributed by atoms with Gasteiger partial charge in [-0.15, -0.1) is 0 Å². The number of ether oxygens (including phenoxy) is 2. The second-order valence-corrected chi connectivity index (χ2v) is 11.3. The zero-order valence-electron chi connectivity index (χ0n) is 23.4. The van der Waals surface area contributed by atoms with Crippen molar-refractivity contribution in [1.82, 2.24) is 14.8 Å². The molecule has 1 aromatic heterocycles. The minimum atomic E-state index is -0.549. The Labute approximate surface area is 245 Å². The SMILES string of the molecule is CC(C)C(C)NC(=O)OCn1c(=O)ccc2ccc(OCCCCN3CCN(c4cccc(Cl)c4Cl)CC3)cc21. The maximum absolute atomic E-state index is 12.6.